The molecule has 0 bridgehead atoms. The Morgan fingerprint density at radius 2 is 2.00 bits per heavy atom. The van der Waals surface area contributed by atoms with E-state index in [-0.39, 0.29) is 12.2 Å². The van der Waals surface area contributed by atoms with Gasteiger partial charge in [0.2, 0.25) is 0 Å². The molecule has 0 atom stereocenters. The first-order chi connectivity index (χ1) is 13.0. The van der Waals surface area contributed by atoms with Crippen LogP contribution in [0.15, 0.2) is 29.1 Å². The standard InChI is InChI=1S/C18H24N6O3/c1-22(2)14-8-6-7-13(11-14)17(26)20-19-16(25)12-24-18(27)23-10-5-3-4-9-15(23)21-24/h6-8,11H,3-5,9-10,12H2,1-2H3,(H,19,25)(H,20,26). The van der Waals surface area contributed by atoms with E-state index in [0.29, 0.717) is 12.1 Å². The van der Waals surface area contributed by atoms with Crippen LogP contribution in [0, 0.1) is 0 Å². The second-order valence-corrected chi connectivity index (χ2v) is 6.77. The molecule has 0 spiro atoms. The van der Waals surface area contributed by atoms with Crippen molar-refractivity contribution in [1.29, 1.82) is 0 Å². The van der Waals surface area contributed by atoms with Gasteiger partial charge in [0.05, 0.1) is 0 Å². The zero-order valence-corrected chi connectivity index (χ0v) is 15.6. The van der Waals surface area contributed by atoms with Crippen LogP contribution in [0.4, 0.5) is 5.69 Å². The molecule has 2 heterocycles. The Hall–Kier alpha value is -3.10. The van der Waals surface area contributed by atoms with E-state index in [4.69, 9.17) is 0 Å². The zero-order valence-electron chi connectivity index (χ0n) is 15.6. The second-order valence-electron chi connectivity index (χ2n) is 6.77. The molecule has 2 aromatic rings. The summed E-state index contributed by atoms with van der Waals surface area (Å²) in [4.78, 5) is 38.6. The first kappa shape index (κ1) is 18.7. The SMILES string of the molecule is CN(C)c1cccc(C(=O)NNC(=O)Cn2nc3n(c2=O)CCCCC3)c1. The van der Waals surface area contributed by atoms with Crippen LogP contribution in [0.25, 0.3) is 0 Å². The molecule has 9 nitrogen and oxygen atoms in total. The van der Waals surface area contributed by atoms with Gasteiger partial charge >= 0.3 is 5.69 Å². The van der Waals surface area contributed by atoms with Gasteiger partial charge in [0.1, 0.15) is 12.4 Å². The van der Waals surface area contributed by atoms with Crippen molar-refractivity contribution in [3.8, 4) is 0 Å². The molecule has 0 radical (unpaired) electrons. The van der Waals surface area contributed by atoms with Crippen LogP contribution in [0.1, 0.15) is 35.4 Å². The van der Waals surface area contributed by atoms with Gasteiger partial charge in [-0.1, -0.05) is 12.5 Å². The Bertz CT molecular complexity index is 899. The van der Waals surface area contributed by atoms with Crippen molar-refractivity contribution in [2.45, 2.75) is 38.8 Å². The van der Waals surface area contributed by atoms with Crippen molar-refractivity contribution in [3.63, 3.8) is 0 Å². The first-order valence-corrected chi connectivity index (χ1v) is 8.99. The largest absolute Gasteiger partial charge is 0.378 e. The summed E-state index contributed by atoms with van der Waals surface area (Å²) in [6, 6.07) is 7.03. The summed E-state index contributed by atoms with van der Waals surface area (Å²) in [7, 11) is 3.76. The van der Waals surface area contributed by atoms with E-state index in [0.717, 1.165) is 41.9 Å². The summed E-state index contributed by atoms with van der Waals surface area (Å²) >= 11 is 0. The molecular formula is C18H24N6O3. The van der Waals surface area contributed by atoms with Crippen molar-refractivity contribution >= 4 is 17.5 Å². The lowest BCUT2D eigenvalue weighted by Gasteiger charge is -2.13. The van der Waals surface area contributed by atoms with Crippen molar-refractivity contribution in [3.05, 3.63) is 46.1 Å². The van der Waals surface area contributed by atoms with Crippen molar-refractivity contribution < 1.29 is 9.59 Å². The van der Waals surface area contributed by atoms with E-state index in [1.165, 1.54) is 0 Å². The maximum absolute atomic E-state index is 12.4. The molecular weight excluding hydrogens is 348 g/mol. The van der Waals surface area contributed by atoms with E-state index in [9.17, 15) is 14.4 Å². The van der Waals surface area contributed by atoms with E-state index in [1.807, 2.05) is 25.1 Å². The summed E-state index contributed by atoms with van der Waals surface area (Å²) in [6.45, 7) is 0.394. The first-order valence-electron chi connectivity index (χ1n) is 8.99. The van der Waals surface area contributed by atoms with E-state index in [2.05, 4.69) is 16.0 Å². The molecule has 3 rings (SSSR count). The highest BCUT2D eigenvalue weighted by Gasteiger charge is 2.17. The molecule has 0 fully saturated rings. The van der Waals surface area contributed by atoms with Gasteiger partial charge in [0, 0.05) is 38.3 Å². The van der Waals surface area contributed by atoms with Gasteiger partial charge in [-0.2, -0.15) is 5.10 Å². The van der Waals surface area contributed by atoms with E-state index < -0.39 is 11.8 Å². The number of rotatable bonds is 4. The molecule has 9 heteroatoms. The molecule has 2 amide bonds. The van der Waals surface area contributed by atoms with Crippen LogP contribution in [0.5, 0.6) is 0 Å². The molecule has 1 aromatic heterocycles. The van der Waals surface area contributed by atoms with Gasteiger partial charge in [-0.05, 0) is 31.0 Å². The number of amides is 2. The minimum absolute atomic E-state index is 0.239. The summed E-state index contributed by atoms with van der Waals surface area (Å²) in [6.07, 6.45) is 3.74. The Morgan fingerprint density at radius 3 is 2.78 bits per heavy atom. The summed E-state index contributed by atoms with van der Waals surface area (Å²) in [5.41, 5.74) is 5.72. The predicted molar refractivity (Wildman–Crippen MR) is 100 cm³/mol. The smallest absolute Gasteiger partial charge is 0.346 e. The van der Waals surface area contributed by atoms with Gasteiger partial charge in [-0.3, -0.25) is 25.0 Å². The number of hydrogen-bond acceptors (Lipinski definition) is 5. The Kier molecular flexibility index (Phi) is 5.58. The third-order valence-corrected chi connectivity index (χ3v) is 4.52. The molecule has 1 aliphatic rings. The Balaban J connectivity index is 1.59. The Labute approximate surface area is 156 Å². The number of aryl methyl sites for hydroxylation is 1. The summed E-state index contributed by atoms with van der Waals surface area (Å²) in [5.74, 6) is -0.225. The second kappa shape index (κ2) is 8.07. The number of carbonyl (C=O) groups excluding carboxylic acids is 2. The number of nitrogens with one attached hydrogen (secondary N) is 2. The number of carbonyl (C=O) groups is 2. The zero-order chi connectivity index (χ0) is 19.4. The number of hydrogen-bond donors (Lipinski definition) is 2. The van der Waals surface area contributed by atoms with Crippen LogP contribution in [0.2, 0.25) is 0 Å². The van der Waals surface area contributed by atoms with Crippen molar-refractivity contribution in [1.82, 2.24) is 25.2 Å². The fourth-order valence-corrected chi connectivity index (χ4v) is 3.03. The highest BCUT2D eigenvalue weighted by molar-refractivity contribution is 5.96. The average Bonchev–Trinajstić information content (AvgIpc) is 2.83. The van der Waals surface area contributed by atoms with Gasteiger partial charge in [-0.15, -0.1) is 0 Å². The number of aromatic nitrogens is 3. The van der Waals surface area contributed by atoms with Crippen LogP contribution in [0.3, 0.4) is 0 Å². The monoisotopic (exact) mass is 372 g/mol. The van der Waals surface area contributed by atoms with E-state index >= 15 is 0 Å². The molecule has 0 saturated heterocycles. The lowest BCUT2D eigenvalue weighted by Crippen LogP contribution is -2.44. The van der Waals surface area contributed by atoms with Gasteiger partial charge < -0.3 is 4.90 Å². The minimum Gasteiger partial charge on any atom is -0.378 e. The molecule has 2 N–H and O–H groups in total. The number of fused-ring (bicyclic) bond motifs is 1. The number of hydrazine groups is 1. The lowest BCUT2D eigenvalue weighted by atomic mass is 10.2. The molecule has 0 aliphatic carbocycles. The van der Waals surface area contributed by atoms with Gasteiger partial charge in [0.25, 0.3) is 11.8 Å². The summed E-state index contributed by atoms with van der Waals surface area (Å²) in [5, 5.41) is 4.25. The number of anilines is 1. The van der Waals surface area contributed by atoms with Crippen LogP contribution < -0.4 is 21.4 Å². The fraction of sp³-hybridized carbons (Fsp3) is 0.444. The molecule has 0 saturated carbocycles. The normalized spacial score (nSPS) is 13.4. The third-order valence-electron chi connectivity index (χ3n) is 4.52. The highest BCUT2D eigenvalue weighted by atomic mass is 16.2. The molecule has 1 aliphatic heterocycles. The highest BCUT2D eigenvalue weighted by Crippen LogP contribution is 2.13. The number of benzene rings is 1. The van der Waals surface area contributed by atoms with Crippen LogP contribution in [-0.4, -0.2) is 40.3 Å². The van der Waals surface area contributed by atoms with Crippen LogP contribution >= 0.6 is 0 Å². The summed E-state index contributed by atoms with van der Waals surface area (Å²) < 4.78 is 2.78. The van der Waals surface area contributed by atoms with Gasteiger partial charge in [0.15, 0.2) is 0 Å². The molecule has 144 valence electrons. The molecule has 1 aromatic carbocycles. The predicted octanol–water partition coefficient (Wildman–Crippen LogP) is 0.298. The topological polar surface area (TPSA) is 101 Å². The Morgan fingerprint density at radius 1 is 1.19 bits per heavy atom. The van der Waals surface area contributed by atoms with E-state index in [1.54, 1.807) is 22.8 Å². The van der Waals surface area contributed by atoms with Crippen LogP contribution in [-0.2, 0) is 24.3 Å². The lowest BCUT2D eigenvalue weighted by molar-refractivity contribution is -0.122. The molecule has 27 heavy (non-hydrogen) atoms. The maximum atomic E-state index is 12.4. The fourth-order valence-electron chi connectivity index (χ4n) is 3.03. The third kappa shape index (κ3) is 4.36. The maximum Gasteiger partial charge on any atom is 0.346 e. The molecule has 0 unspecified atom stereocenters. The quantitative estimate of drug-likeness (QED) is 0.752. The van der Waals surface area contributed by atoms with Crippen molar-refractivity contribution in [2.75, 3.05) is 19.0 Å². The minimum atomic E-state index is -0.512. The van der Waals surface area contributed by atoms with Crippen molar-refractivity contribution in [2.24, 2.45) is 0 Å². The van der Waals surface area contributed by atoms with Gasteiger partial charge in [-0.25, -0.2) is 9.48 Å². The average molecular weight is 372 g/mol. The number of nitrogens with zero attached hydrogens (tertiary/aromatic N) is 4.